The second-order valence-corrected chi connectivity index (χ2v) is 9.97. The predicted molar refractivity (Wildman–Crippen MR) is 145 cm³/mol. The number of fused-ring (bicyclic) bond motifs is 3. The van der Waals surface area contributed by atoms with Crippen molar-refractivity contribution in [3.8, 4) is 0 Å². The summed E-state index contributed by atoms with van der Waals surface area (Å²) in [7, 11) is 0. The van der Waals surface area contributed by atoms with E-state index in [1.807, 2.05) is 32.0 Å². The fourth-order valence-electron chi connectivity index (χ4n) is 4.53. The van der Waals surface area contributed by atoms with Gasteiger partial charge in [0.1, 0.15) is 5.04 Å². The van der Waals surface area contributed by atoms with E-state index in [2.05, 4.69) is 69.4 Å². The van der Waals surface area contributed by atoms with Crippen molar-refractivity contribution in [1.29, 1.82) is 5.41 Å². The molecule has 172 valence electrons. The van der Waals surface area contributed by atoms with E-state index in [1.165, 1.54) is 33.1 Å². The SMILES string of the molecule is CC(C)C1=NN2C(=N)/C(=C/c3cn(Cc4cccc5ccccc45)c4ccccc34)C(=O)N=C2S1. The van der Waals surface area contributed by atoms with Crippen LogP contribution in [0.15, 0.2) is 88.6 Å². The lowest BCUT2D eigenvalue weighted by atomic mass is 10.0. The van der Waals surface area contributed by atoms with Gasteiger partial charge in [0, 0.05) is 35.1 Å². The van der Waals surface area contributed by atoms with Crippen LogP contribution < -0.4 is 0 Å². The molecule has 0 fully saturated rings. The molecule has 1 N–H and O–H groups in total. The van der Waals surface area contributed by atoms with Crippen molar-refractivity contribution in [2.45, 2.75) is 20.4 Å². The van der Waals surface area contributed by atoms with Crippen molar-refractivity contribution in [1.82, 2.24) is 9.58 Å². The highest BCUT2D eigenvalue weighted by Gasteiger charge is 2.36. The molecule has 35 heavy (non-hydrogen) atoms. The van der Waals surface area contributed by atoms with Gasteiger partial charge in [-0.15, -0.1) is 0 Å². The maximum absolute atomic E-state index is 12.9. The third-order valence-corrected chi connectivity index (χ3v) is 7.51. The third kappa shape index (κ3) is 3.68. The fraction of sp³-hybridized carbons (Fsp3) is 0.143. The highest BCUT2D eigenvalue weighted by molar-refractivity contribution is 8.27. The van der Waals surface area contributed by atoms with Crippen molar-refractivity contribution in [2.24, 2.45) is 16.0 Å². The second kappa shape index (κ2) is 8.36. The minimum absolute atomic E-state index is 0.0639. The summed E-state index contributed by atoms with van der Waals surface area (Å²) in [4.78, 5) is 17.1. The topological polar surface area (TPSA) is 73.8 Å². The largest absolute Gasteiger partial charge is 0.342 e. The molecule has 2 aliphatic rings. The second-order valence-electron chi connectivity index (χ2n) is 8.98. The van der Waals surface area contributed by atoms with E-state index in [4.69, 9.17) is 5.41 Å². The molecule has 6 rings (SSSR count). The Balaban J connectivity index is 1.42. The van der Waals surface area contributed by atoms with Crippen molar-refractivity contribution in [3.05, 3.63) is 89.6 Å². The van der Waals surface area contributed by atoms with Crippen molar-refractivity contribution < 1.29 is 4.79 Å². The Hall–Kier alpha value is -3.97. The lowest BCUT2D eigenvalue weighted by Crippen LogP contribution is -2.35. The van der Waals surface area contributed by atoms with E-state index in [0.717, 1.165) is 21.5 Å². The molecule has 0 spiro atoms. The normalized spacial score (nSPS) is 17.0. The molecule has 0 radical (unpaired) electrons. The highest BCUT2D eigenvalue weighted by atomic mass is 32.2. The molecule has 3 aromatic carbocycles. The highest BCUT2D eigenvalue weighted by Crippen LogP contribution is 2.32. The summed E-state index contributed by atoms with van der Waals surface area (Å²) >= 11 is 1.36. The van der Waals surface area contributed by atoms with Gasteiger partial charge in [-0.1, -0.05) is 74.5 Å². The van der Waals surface area contributed by atoms with Crippen LogP contribution in [-0.2, 0) is 11.3 Å². The first-order chi connectivity index (χ1) is 17.0. The molecule has 0 saturated carbocycles. The Labute approximate surface area is 207 Å². The van der Waals surface area contributed by atoms with Crippen molar-refractivity contribution in [3.63, 3.8) is 0 Å². The van der Waals surface area contributed by atoms with Gasteiger partial charge in [0.2, 0.25) is 5.17 Å². The number of aromatic nitrogens is 1. The molecule has 1 aromatic heterocycles. The first kappa shape index (κ1) is 21.6. The molecule has 0 atom stereocenters. The number of hydrogen-bond acceptors (Lipinski definition) is 4. The quantitative estimate of drug-likeness (QED) is 0.360. The smallest absolute Gasteiger partial charge is 0.283 e. The predicted octanol–water partition coefficient (Wildman–Crippen LogP) is 6.12. The Morgan fingerprint density at radius 3 is 2.57 bits per heavy atom. The molecule has 1 amide bonds. The monoisotopic (exact) mass is 477 g/mol. The number of amidine groups is 2. The van der Waals surface area contributed by atoms with Crippen LogP contribution in [0.25, 0.3) is 27.8 Å². The van der Waals surface area contributed by atoms with Gasteiger partial charge in [-0.3, -0.25) is 10.2 Å². The zero-order chi connectivity index (χ0) is 24.1. The van der Waals surface area contributed by atoms with E-state index in [9.17, 15) is 4.79 Å². The molecule has 3 heterocycles. The van der Waals surface area contributed by atoms with Gasteiger partial charge in [-0.05, 0) is 40.2 Å². The van der Waals surface area contributed by atoms with Crippen LogP contribution in [0.1, 0.15) is 25.0 Å². The number of amides is 1. The van der Waals surface area contributed by atoms with E-state index < -0.39 is 5.91 Å². The van der Waals surface area contributed by atoms with Gasteiger partial charge in [-0.2, -0.15) is 15.1 Å². The van der Waals surface area contributed by atoms with Crippen LogP contribution in [0.2, 0.25) is 0 Å². The van der Waals surface area contributed by atoms with Crippen LogP contribution in [0.5, 0.6) is 0 Å². The summed E-state index contributed by atoms with van der Waals surface area (Å²) in [6.45, 7) is 4.78. The van der Waals surface area contributed by atoms with Gasteiger partial charge in [0.15, 0.2) is 5.84 Å². The summed E-state index contributed by atoms with van der Waals surface area (Å²) in [6, 6.07) is 22.9. The minimum atomic E-state index is -0.403. The number of hydrogen-bond donors (Lipinski definition) is 1. The summed E-state index contributed by atoms with van der Waals surface area (Å²) in [5, 5.41) is 19.5. The third-order valence-electron chi connectivity index (χ3n) is 6.30. The molecule has 0 saturated heterocycles. The van der Waals surface area contributed by atoms with Crippen molar-refractivity contribution in [2.75, 3.05) is 0 Å². The maximum atomic E-state index is 12.9. The molecule has 7 heteroatoms. The van der Waals surface area contributed by atoms with Gasteiger partial charge in [0.25, 0.3) is 5.91 Å². The fourth-order valence-corrected chi connectivity index (χ4v) is 5.42. The zero-order valence-corrected chi connectivity index (χ0v) is 20.2. The lowest BCUT2D eigenvalue weighted by molar-refractivity contribution is -0.114. The Bertz CT molecular complexity index is 1620. The molecule has 0 unspecified atom stereocenters. The van der Waals surface area contributed by atoms with Crippen molar-refractivity contribution >= 4 is 61.5 Å². The summed E-state index contributed by atoms with van der Waals surface area (Å²) in [6.07, 6.45) is 3.83. The van der Waals surface area contributed by atoms with Crippen LogP contribution in [0.3, 0.4) is 0 Å². The van der Waals surface area contributed by atoms with Crippen LogP contribution in [0.4, 0.5) is 0 Å². The zero-order valence-electron chi connectivity index (χ0n) is 19.4. The van der Waals surface area contributed by atoms with Crippen LogP contribution >= 0.6 is 11.8 Å². The average Bonchev–Trinajstić information content (AvgIpc) is 3.44. The van der Waals surface area contributed by atoms with E-state index in [1.54, 1.807) is 6.08 Å². The Morgan fingerprint density at radius 2 is 1.74 bits per heavy atom. The van der Waals surface area contributed by atoms with Crippen LogP contribution in [-0.4, -0.2) is 31.5 Å². The summed E-state index contributed by atoms with van der Waals surface area (Å²) < 4.78 is 2.20. The van der Waals surface area contributed by atoms with Gasteiger partial charge in [-0.25, -0.2) is 0 Å². The van der Waals surface area contributed by atoms with Gasteiger partial charge >= 0.3 is 0 Å². The molecular formula is C28H23N5OS. The number of rotatable bonds is 4. The molecular weight excluding hydrogens is 454 g/mol. The first-order valence-corrected chi connectivity index (χ1v) is 12.4. The molecule has 6 nitrogen and oxygen atoms in total. The Kier molecular flexibility index (Phi) is 5.15. The number of thioether (sulfide) groups is 1. The number of aliphatic imine (C=N–C) groups is 1. The minimum Gasteiger partial charge on any atom is -0.342 e. The van der Waals surface area contributed by atoms with Crippen LogP contribution in [0, 0.1) is 11.3 Å². The van der Waals surface area contributed by atoms with E-state index in [-0.39, 0.29) is 17.3 Å². The number of nitrogens with one attached hydrogen (secondary N) is 1. The summed E-state index contributed by atoms with van der Waals surface area (Å²) in [5.41, 5.74) is 3.43. The Morgan fingerprint density at radius 1 is 1.00 bits per heavy atom. The maximum Gasteiger partial charge on any atom is 0.283 e. The molecule has 4 aromatic rings. The van der Waals surface area contributed by atoms with Gasteiger partial charge in [0.05, 0.1) is 5.57 Å². The number of benzene rings is 3. The summed E-state index contributed by atoms with van der Waals surface area (Å²) in [5.74, 6) is -0.135. The number of para-hydroxylation sites is 1. The standard InChI is InChI=1S/C28H23N5OS/c1-17(2)27-31-33-25(29)23(26(34)30-28(33)35-27)14-20-16-32(24-13-6-5-12-22(20)24)15-19-10-7-9-18-8-3-4-11-21(18)19/h3-14,16-17,29H,15H2,1-2H3/b23-14-,29-25?. The van der Waals surface area contributed by atoms with E-state index in [0.29, 0.717) is 11.7 Å². The lowest BCUT2D eigenvalue weighted by Gasteiger charge is -2.20. The van der Waals surface area contributed by atoms with E-state index >= 15 is 0 Å². The molecule has 0 aliphatic carbocycles. The number of nitrogens with zero attached hydrogens (tertiary/aromatic N) is 4. The number of carbonyl (C=O) groups is 1. The number of hydrazone groups is 1. The average molecular weight is 478 g/mol. The molecule has 0 bridgehead atoms. The van der Waals surface area contributed by atoms with Gasteiger partial charge < -0.3 is 4.57 Å². The first-order valence-electron chi connectivity index (χ1n) is 11.5. The molecule has 2 aliphatic heterocycles. The number of carbonyl (C=O) groups excluding carboxylic acids is 1.